The van der Waals surface area contributed by atoms with E-state index in [1.165, 1.54) is 23.5 Å². The Morgan fingerprint density at radius 2 is 1.04 bits per heavy atom. The molecule has 0 spiro atoms. The molecule has 0 N–H and O–H groups in total. The summed E-state index contributed by atoms with van der Waals surface area (Å²) >= 11 is 1.41. The van der Waals surface area contributed by atoms with Gasteiger partial charge in [-0.25, -0.2) is 17.6 Å². The van der Waals surface area contributed by atoms with E-state index in [0.717, 1.165) is 20.9 Å². The van der Waals surface area contributed by atoms with Crippen LogP contribution in [0.2, 0.25) is 0 Å². The van der Waals surface area contributed by atoms with Crippen LogP contribution in [0.25, 0.3) is 41.7 Å². The molecule has 0 amide bonds. The van der Waals surface area contributed by atoms with Gasteiger partial charge in [-0.15, -0.1) is 11.3 Å². The molecule has 0 saturated carbocycles. The summed E-state index contributed by atoms with van der Waals surface area (Å²) in [5.74, 6) is -6.29. The maximum Gasteiger partial charge on any atom is 0.198 e. The lowest BCUT2D eigenvalue weighted by Crippen LogP contribution is -1.97. The maximum absolute atomic E-state index is 14.1. The van der Waals surface area contributed by atoms with Crippen LogP contribution in [-0.4, -0.2) is 0 Å². The summed E-state index contributed by atoms with van der Waals surface area (Å²) in [5.41, 5.74) is 0. The summed E-state index contributed by atoms with van der Waals surface area (Å²) in [6.07, 6.45) is 0. The summed E-state index contributed by atoms with van der Waals surface area (Å²) in [6.45, 7) is 0. The number of hydrogen-bond donors (Lipinski definition) is 0. The SMILES string of the molecule is Fc1c(F)c(F)c2cc3c(cc2c1F)sc1cc2ccccc2cc13. The second kappa shape index (κ2) is 4.92. The van der Waals surface area contributed by atoms with E-state index in [-0.39, 0.29) is 10.8 Å². The normalized spacial score (nSPS) is 12.0. The molecular weight excluding hydrogens is 348 g/mol. The minimum atomic E-state index is -1.78. The lowest BCUT2D eigenvalue weighted by molar-refractivity contribution is 0.418. The minimum Gasteiger partial charge on any atom is -0.203 e. The van der Waals surface area contributed by atoms with Crippen molar-refractivity contribution in [1.82, 2.24) is 0 Å². The highest BCUT2D eigenvalue weighted by Crippen LogP contribution is 2.40. The lowest BCUT2D eigenvalue weighted by Gasteiger charge is -2.05. The molecule has 5 rings (SSSR count). The molecule has 25 heavy (non-hydrogen) atoms. The molecule has 0 atom stereocenters. The molecule has 0 bridgehead atoms. The number of hydrogen-bond acceptors (Lipinski definition) is 1. The van der Waals surface area contributed by atoms with Crippen molar-refractivity contribution in [3.05, 3.63) is 71.8 Å². The Kier molecular flexibility index (Phi) is 2.89. The molecule has 0 unspecified atom stereocenters. The van der Waals surface area contributed by atoms with Crippen LogP contribution in [0, 0.1) is 23.3 Å². The highest BCUT2D eigenvalue weighted by atomic mass is 32.1. The van der Waals surface area contributed by atoms with E-state index in [1.54, 1.807) is 0 Å². The summed E-state index contributed by atoms with van der Waals surface area (Å²) < 4.78 is 57.0. The first-order valence-corrected chi connectivity index (χ1v) is 8.37. The van der Waals surface area contributed by atoms with Crippen molar-refractivity contribution < 1.29 is 17.6 Å². The van der Waals surface area contributed by atoms with Gasteiger partial charge in [0.15, 0.2) is 23.3 Å². The molecule has 1 heterocycles. The van der Waals surface area contributed by atoms with Gasteiger partial charge >= 0.3 is 0 Å². The van der Waals surface area contributed by atoms with Crippen LogP contribution >= 0.6 is 11.3 Å². The monoisotopic (exact) mass is 356 g/mol. The summed E-state index contributed by atoms with van der Waals surface area (Å²) in [5, 5.41) is 3.15. The van der Waals surface area contributed by atoms with Crippen LogP contribution in [0.1, 0.15) is 0 Å². The van der Waals surface area contributed by atoms with E-state index in [0.29, 0.717) is 10.1 Å². The predicted octanol–water partition coefficient (Wildman–Crippen LogP) is 6.92. The molecule has 0 aliphatic carbocycles. The summed E-state index contributed by atoms with van der Waals surface area (Å²) in [6, 6.07) is 14.6. The standard InChI is InChI=1S/C20H8F4S/c21-17-13-7-12-11-5-9-3-1-2-4-10(9)6-15(11)25-16(12)8-14(13)18(22)20(24)19(17)23/h1-8H. The number of fused-ring (bicyclic) bond motifs is 5. The predicted molar refractivity (Wildman–Crippen MR) is 94.2 cm³/mol. The van der Waals surface area contributed by atoms with Crippen molar-refractivity contribution in [1.29, 1.82) is 0 Å². The Balaban J connectivity index is 2.00. The minimum absolute atomic E-state index is 0.250. The van der Waals surface area contributed by atoms with E-state index in [9.17, 15) is 17.6 Å². The van der Waals surface area contributed by atoms with Crippen LogP contribution in [0.5, 0.6) is 0 Å². The third kappa shape index (κ3) is 1.93. The first kappa shape index (κ1) is 14.7. The molecule has 5 heteroatoms. The number of thiophene rings is 1. The first-order valence-electron chi connectivity index (χ1n) is 7.55. The van der Waals surface area contributed by atoms with Gasteiger partial charge in [-0.1, -0.05) is 24.3 Å². The van der Waals surface area contributed by atoms with Crippen molar-refractivity contribution in [3.8, 4) is 0 Å². The summed E-state index contributed by atoms with van der Waals surface area (Å²) in [7, 11) is 0. The van der Waals surface area contributed by atoms with Crippen LogP contribution in [0.3, 0.4) is 0 Å². The van der Waals surface area contributed by atoms with E-state index >= 15 is 0 Å². The van der Waals surface area contributed by atoms with E-state index in [1.807, 2.05) is 36.4 Å². The van der Waals surface area contributed by atoms with Gasteiger partial charge in [0.05, 0.1) is 0 Å². The van der Waals surface area contributed by atoms with Crippen molar-refractivity contribution in [2.75, 3.05) is 0 Å². The smallest absolute Gasteiger partial charge is 0.198 e. The molecule has 0 saturated heterocycles. The van der Waals surface area contributed by atoms with Gasteiger partial charge < -0.3 is 0 Å². The zero-order chi connectivity index (χ0) is 17.3. The Labute approximate surface area is 142 Å². The molecule has 0 aliphatic heterocycles. The van der Waals surface area contributed by atoms with Crippen molar-refractivity contribution in [3.63, 3.8) is 0 Å². The van der Waals surface area contributed by atoms with Crippen LogP contribution in [-0.2, 0) is 0 Å². The zero-order valence-electron chi connectivity index (χ0n) is 12.5. The fourth-order valence-electron chi connectivity index (χ4n) is 3.30. The average Bonchev–Trinajstić information content (AvgIpc) is 2.98. The molecule has 0 radical (unpaired) electrons. The molecule has 0 nitrogen and oxygen atoms in total. The number of rotatable bonds is 0. The third-order valence-corrected chi connectivity index (χ3v) is 5.64. The van der Waals surface area contributed by atoms with Crippen molar-refractivity contribution in [2.24, 2.45) is 0 Å². The second-order valence-electron chi connectivity index (χ2n) is 5.95. The second-order valence-corrected chi connectivity index (χ2v) is 7.03. The van der Waals surface area contributed by atoms with Gasteiger partial charge in [0.2, 0.25) is 0 Å². The Morgan fingerprint density at radius 3 is 1.72 bits per heavy atom. The Morgan fingerprint density at radius 1 is 0.520 bits per heavy atom. The number of benzene rings is 4. The van der Waals surface area contributed by atoms with Crippen LogP contribution < -0.4 is 0 Å². The first-order chi connectivity index (χ1) is 12.0. The highest BCUT2D eigenvalue weighted by Gasteiger charge is 2.21. The van der Waals surface area contributed by atoms with Crippen LogP contribution in [0.15, 0.2) is 48.5 Å². The van der Waals surface area contributed by atoms with Gasteiger partial charge in [-0.05, 0) is 35.0 Å². The topological polar surface area (TPSA) is 0 Å². The molecule has 1 aromatic heterocycles. The lowest BCUT2D eigenvalue weighted by atomic mass is 10.0. The van der Waals surface area contributed by atoms with Gasteiger partial charge in [0, 0.05) is 30.9 Å². The fraction of sp³-hybridized carbons (Fsp3) is 0. The van der Waals surface area contributed by atoms with E-state index in [4.69, 9.17) is 0 Å². The maximum atomic E-state index is 14.1. The Hall–Kier alpha value is -2.66. The molecule has 5 aromatic rings. The third-order valence-electron chi connectivity index (χ3n) is 4.53. The summed E-state index contributed by atoms with van der Waals surface area (Å²) in [4.78, 5) is 0. The van der Waals surface area contributed by atoms with Gasteiger partial charge in [0.25, 0.3) is 0 Å². The zero-order valence-corrected chi connectivity index (χ0v) is 13.4. The average molecular weight is 356 g/mol. The number of halogens is 4. The van der Waals surface area contributed by atoms with Crippen LogP contribution in [0.4, 0.5) is 17.6 Å². The van der Waals surface area contributed by atoms with Crippen molar-refractivity contribution >= 4 is 53.1 Å². The van der Waals surface area contributed by atoms with Gasteiger partial charge in [-0.3, -0.25) is 0 Å². The fourth-order valence-corrected chi connectivity index (χ4v) is 4.46. The molecular formula is C20H8F4S. The van der Waals surface area contributed by atoms with Gasteiger partial charge in [0.1, 0.15) is 0 Å². The van der Waals surface area contributed by atoms with Gasteiger partial charge in [-0.2, -0.15) is 0 Å². The Bertz CT molecular complexity index is 1330. The highest BCUT2D eigenvalue weighted by molar-refractivity contribution is 7.26. The van der Waals surface area contributed by atoms with Crippen molar-refractivity contribution in [2.45, 2.75) is 0 Å². The van der Waals surface area contributed by atoms with E-state index in [2.05, 4.69) is 0 Å². The molecule has 122 valence electrons. The quantitative estimate of drug-likeness (QED) is 0.160. The van der Waals surface area contributed by atoms with E-state index < -0.39 is 23.3 Å². The largest absolute Gasteiger partial charge is 0.203 e. The molecule has 0 fully saturated rings. The molecule has 4 aromatic carbocycles. The molecule has 0 aliphatic rings.